The third-order valence-corrected chi connectivity index (χ3v) is 4.23. The second-order valence-electron chi connectivity index (χ2n) is 5.83. The number of morpholine rings is 1. The van der Waals surface area contributed by atoms with Crippen LogP contribution >= 0.6 is 0 Å². The zero-order chi connectivity index (χ0) is 17.6. The molecule has 6 heteroatoms. The number of carboxylic acid groups (broad SMARTS) is 1. The van der Waals surface area contributed by atoms with Gasteiger partial charge in [0.25, 0.3) is 0 Å². The lowest BCUT2D eigenvalue weighted by molar-refractivity contribution is -0.0133. The van der Waals surface area contributed by atoms with Crippen LogP contribution in [0.4, 0.5) is 4.39 Å². The van der Waals surface area contributed by atoms with Crippen molar-refractivity contribution in [3.8, 4) is 5.75 Å². The molecule has 0 amide bonds. The van der Waals surface area contributed by atoms with Crippen LogP contribution in [0, 0.1) is 5.82 Å². The first-order valence-electron chi connectivity index (χ1n) is 8.17. The van der Waals surface area contributed by atoms with E-state index in [9.17, 15) is 14.3 Å². The Morgan fingerprint density at radius 3 is 2.92 bits per heavy atom. The Morgan fingerprint density at radius 1 is 1.28 bits per heavy atom. The van der Waals surface area contributed by atoms with Crippen molar-refractivity contribution in [2.45, 2.75) is 6.04 Å². The van der Waals surface area contributed by atoms with E-state index in [0.717, 1.165) is 5.56 Å². The molecule has 25 heavy (non-hydrogen) atoms. The van der Waals surface area contributed by atoms with Gasteiger partial charge in [0.2, 0.25) is 0 Å². The highest BCUT2D eigenvalue weighted by Gasteiger charge is 2.24. The van der Waals surface area contributed by atoms with Crippen LogP contribution in [0.3, 0.4) is 0 Å². The van der Waals surface area contributed by atoms with E-state index in [2.05, 4.69) is 4.90 Å². The van der Waals surface area contributed by atoms with Crippen LogP contribution in [0.2, 0.25) is 0 Å². The molecule has 3 rings (SSSR count). The SMILES string of the molecule is O=C(O)c1ccccc1OCCN1CCOCC1c1cccc(F)c1. The molecule has 0 spiro atoms. The van der Waals surface area contributed by atoms with Crippen LogP contribution in [0.1, 0.15) is 22.0 Å². The molecule has 1 saturated heterocycles. The quantitative estimate of drug-likeness (QED) is 0.872. The lowest BCUT2D eigenvalue weighted by atomic mass is 10.0. The minimum absolute atomic E-state index is 0.0391. The molecule has 2 aromatic rings. The molecular formula is C19H20FNO4. The number of carboxylic acids is 1. The number of nitrogens with zero attached hydrogens (tertiary/aromatic N) is 1. The maximum absolute atomic E-state index is 13.5. The molecule has 132 valence electrons. The number of hydrogen-bond acceptors (Lipinski definition) is 4. The smallest absolute Gasteiger partial charge is 0.339 e. The van der Waals surface area contributed by atoms with Crippen LogP contribution in [0.5, 0.6) is 5.75 Å². The monoisotopic (exact) mass is 345 g/mol. The van der Waals surface area contributed by atoms with Gasteiger partial charge in [0.05, 0.1) is 19.3 Å². The van der Waals surface area contributed by atoms with E-state index in [-0.39, 0.29) is 17.4 Å². The number of rotatable bonds is 6. The summed E-state index contributed by atoms with van der Waals surface area (Å²) in [6.45, 7) is 2.76. The summed E-state index contributed by atoms with van der Waals surface area (Å²) < 4.78 is 24.7. The zero-order valence-electron chi connectivity index (χ0n) is 13.7. The Balaban J connectivity index is 1.64. The Labute approximate surface area is 145 Å². The molecule has 0 bridgehead atoms. The maximum atomic E-state index is 13.5. The lowest BCUT2D eigenvalue weighted by Gasteiger charge is -2.35. The van der Waals surface area contributed by atoms with Crippen LogP contribution < -0.4 is 4.74 Å². The second kappa shape index (κ2) is 8.09. The van der Waals surface area contributed by atoms with Gasteiger partial charge in [-0.15, -0.1) is 0 Å². The fourth-order valence-electron chi connectivity index (χ4n) is 2.97. The molecule has 1 aliphatic rings. The summed E-state index contributed by atoms with van der Waals surface area (Å²) in [4.78, 5) is 13.4. The molecule has 1 atom stereocenters. The normalized spacial score (nSPS) is 18.0. The molecule has 1 fully saturated rings. The van der Waals surface area contributed by atoms with Crippen molar-refractivity contribution in [3.05, 3.63) is 65.5 Å². The van der Waals surface area contributed by atoms with Gasteiger partial charge >= 0.3 is 5.97 Å². The predicted octanol–water partition coefficient (Wildman–Crippen LogP) is 2.98. The predicted molar refractivity (Wildman–Crippen MR) is 90.4 cm³/mol. The third-order valence-electron chi connectivity index (χ3n) is 4.23. The Kier molecular flexibility index (Phi) is 5.63. The van der Waals surface area contributed by atoms with Crippen molar-refractivity contribution in [1.29, 1.82) is 0 Å². The summed E-state index contributed by atoms with van der Waals surface area (Å²) >= 11 is 0. The van der Waals surface area contributed by atoms with E-state index in [1.165, 1.54) is 18.2 Å². The largest absolute Gasteiger partial charge is 0.491 e. The van der Waals surface area contributed by atoms with E-state index >= 15 is 0 Å². The van der Waals surface area contributed by atoms with Gasteiger partial charge in [-0.3, -0.25) is 4.90 Å². The van der Waals surface area contributed by atoms with Crippen molar-refractivity contribution < 1.29 is 23.8 Å². The average Bonchev–Trinajstić information content (AvgIpc) is 2.62. The molecular weight excluding hydrogens is 325 g/mol. The van der Waals surface area contributed by atoms with E-state index in [0.29, 0.717) is 38.7 Å². The Hall–Kier alpha value is -2.44. The molecule has 1 aliphatic heterocycles. The lowest BCUT2D eigenvalue weighted by Crippen LogP contribution is -2.41. The molecule has 1 heterocycles. The summed E-state index contributed by atoms with van der Waals surface area (Å²) in [5.74, 6) is -0.931. The standard InChI is InChI=1S/C19H20FNO4/c20-15-5-3-4-14(12-15)17-13-24-10-8-21(17)9-11-25-18-7-2-1-6-16(18)19(22)23/h1-7,12,17H,8-11,13H2,(H,22,23). The molecule has 0 aliphatic carbocycles. The number of benzene rings is 2. The molecule has 2 aromatic carbocycles. The third kappa shape index (κ3) is 4.35. The summed E-state index contributed by atoms with van der Waals surface area (Å²) in [5.41, 5.74) is 1.01. The molecule has 1 N–H and O–H groups in total. The summed E-state index contributed by atoms with van der Waals surface area (Å²) in [7, 11) is 0. The molecule has 5 nitrogen and oxygen atoms in total. The maximum Gasteiger partial charge on any atom is 0.339 e. The number of halogens is 1. The number of para-hydroxylation sites is 1. The number of ether oxygens (including phenoxy) is 2. The Morgan fingerprint density at radius 2 is 2.12 bits per heavy atom. The van der Waals surface area contributed by atoms with Crippen LogP contribution in [-0.2, 0) is 4.74 Å². The van der Waals surface area contributed by atoms with Gasteiger partial charge < -0.3 is 14.6 Å². The number of aromatic carboxylic acids is 1. The van der Waals surface area contributed by atoms with Crippen molar-refractivity contribution >= 4 is 5.97 Å². The molecule has 0 aromatic heterocycles. The van der Waals surface area contributed by atoms with Gasteiger partial charge in [-0.2, -0.15) is 0 Å². The van der Waals surface area contributed by atoms with Crippen molar-refractivity contribution in [1.82, 2.24) is 4.90 Å². The number of carbonyl (C=O) groups is 1. The summed E-state index contributed by atoms with van der Waals surface area (Å²) in [6, 6.07) is 13.0. The highest BCUT2D eigenvalue weighted by molar-refractivity contribution is 5.90. The van der Waals surface area contributed by atoms with Crippen LogP contribution in [0.25, 0.3) is 0 Å². The summed E-state index contributed by atoms with van der Waals surface area (Å²) in [5, 5.41) is 9.19. The Bertz CT molecular complexity index is 737. The van der Waals surface area contributed by atoms with E-state index in [1.54, 1.807) is 24.3 Å². The molecule has 1 unspecified atom stereocenters. The molecule has 0 saturated carbocycles. The highest BCUT2D eigenvalue weighted by atomic mass is 19.1. The van der Waals surface area contributed by atoms with Gasteiger partial charge in [0.15, 0.2) is 0 Å². The topological polar surface area (TPSA) is 59.0 Å². The minimum atomic E-state index is -1.01. The van der Waals surface area contributed by atoms with Crippen LogP contribution in [-0.4, -0.2) is 48.9 Å². The van der Waals surface area contributed by atoms with E-state index in [4.69, 9.17) is 9.47 Å². The first-order chi connectivity index (χ1) is 12.1. The summed E-state index contributed by atoms with van der Waals surface area (Å²) in [6.07, 6.45) is 0. The van der Waals surface area contributed by atoms with Crippen LogP contribution in [0.15, 0.2) is 48.5 Å². The van der Waals surface area contributed by atoms with Gasteiger partial charge in [0, 0.05) is 13.1 Å². The van der Waals surface area contributed by atoms with Gasteiger partial charge in [-0.1, -0.05) is 24.3 Å². The van der Waals surface area contributed by atoms with Crippen molar-refractivity contribution in [2.24, 2.45) is 0 Å². The molecule has 0 radical (unpaired) electrons. The van der Waals surface area contributed by atoms with Gasteiger partial charge in [-0.05, 0) is 29.8 Å². The van der Waals surface area contributed by atoms with Crippen molar-refractivity contribution in [2.75, 3.05) is 32.9 Å². The highest BCUT2D eigenvalue weighted by Crippen LogP contribution is 2.25. The number of hydrogen-bond donors (Lipinski definition) is 1. The van der Waals surface area contributed by atoms with Gasteiger partial charge in [0.1, 0.15) is 23.7 Å². The minimum Gasteiger partial charge on any atom is -0.491 e. The average molecular weight is 345 g/mol. The second-order valence-corrected chi connectivity index (χ2v) is 5.83. The first-order valence-corrected chi connectivity index (χ1v) is 8.17. The fourth-order valence-corrected chi connectivity index (χ4v) is 2.97. The van der Waals surface area contributed by atoms with E-state index in [1.807, 2.05) is 6.07 Å². The zero-order valence-corrected chi connectivity index (χ0v) is 13.7. The first kappa shape index (κ1) is 17.4. The van der Waals surface area contributed by atoms with E-state index < -0.39 is 5.97 Å². The fraction of sp³-hybridized carbons (Fsp3) is 0.316. The van der Waals surface area contributed by atoms with Gasteiger partial charge in [-0.25, -0.2) is 9.18 Å². The van der Waals surface area contributed by atoms with Crippen molar-refractivity contribution in [3.63, 3.8) is 0 Å².